The number of rotatable bonds is 3. The van der Waals surface area contributed by atoms with Gasteiger partial charge in [0, 0.05) is 11.1 Å². The van der Waals surface area contributed by atoms with Crippen molar-refractivity contribution in [1.82, 2.24) is 15.5 Å². The third kappa shape index (κ3) is 3.94. The van der Waals surface area contributed by atoms with Gasteiger partial charge in [-0.25, -0.2) is 0 Å². The minimum absolute atomic E-state index is 0.174. The SMILES string of the molecule is CC1(C)CC(Cc2ccc(C3=CC4N=CSC4C=C3)nn2)CC(C)(C)N1. The highest BCUT2D eigenvalue weighted by molar-refractivity contribution is 8.13. The van der Waals surface area contributed by atoms with Crippen molar-refractivity contribution >= 4 is 22.9 Å². The molecule has 4 nitrogen and oxygen atoms in total. The summed E-state index contributed by atoms with van der Waals surface area (Å²) in [5.74, 6) is 0.640. The van der Waals surface area contributed by atoms with E-state index in [1.54, 1.807) is 11.8 Å². The van der Waals surface area contributed by atoms with Gasteiger partial charge in [0.05, 0.1) is 28.2 Å². The molecule has 3 heterocycles. The first-order chi connectivity index (χ1) is 12.3. The maximum atomic E-state index is 4.54. The predicted molar refractivity (Wildman–Crippen MR) is 111 cm³/mol. The summed E-state index contributed by atoms with van der Waals surface area (Å²) in [7, 11) is 0. The van der Waals surface area contributed by atoms with Crippen LogP contribution in [0.25, 0.3) is 5.57 Å². The molecule has 0 saturated carbocycles. The number of fused-ring (bicyclic) bond motifs is 1. The summed E-state index contributed by atoms with van der Waals surface area (Å²) in [6, 6.07) is 4.51. The first-order valence-electron chi connectivity index (χ1n) is 9.49. The van der Waals surface area contributed by atoms with Crippen LogP contribution in [0, 0.1) is 5.92 Å². The lowest BCUT2D eigenvalue weighted by Crippen LogP contribution is -2.58. The van der Waals surface area contributed by atoms with Crippen molar-refractivity contribution in [3.05, 3.63) is 41.7 Å². The van der Waals surface area contributed by atoms with Crippen LogP contribution in [-0.4, -0.2) is 38.1 Å². The maximum absolute atomic E-state index is 4.54. The number of nitrogens with zero attached hydrogens (tertiary/aromatic N) is 3. The Morgan fingerprint density at radius 1 is 1.12 bits per heavy atom. The molecule has 4 rings (SSSR count). The Morgan fingerprint density at radius 3 is 2.58 bits per heavy atom. The highest BCUT2D eigenvalue weighted by Gasteiger charge is 2.37. The van der Waals surface area contributed by atoms with Crippen LogP contribution in [0.4, 0.5) is 0 Å². The van der Waals surface area contributed by atoms with E-state index in [2.05, 4.69) is 78.6 Å². The van der Waals surface area contributed by atoms with Gasteiger partial charge in [-0.15, -0.1) is 11.8 Å². The molecule has 0 aromatic carbocycles. The van der Waals surface area contributed by atoms with Crippen molar-refractivity contribution in [2.45, 2.75) is 69.3 Å². The molecule has 0 bridgehead atoms. The van der Waals surface area contributed by atoms with Gasteiger partial charge in [0.15, 0.2) is 0 Å². The Labute approximate surface area is 160 Å². The Bertz CT molecular complexity index is 745. The number of hydrogen-bond donors (Lipinski definition) is 1. The third-order valence-electron chi connectivity index (χ3n) is 5.39. The monoisotopic (exact) mass is 368 g/mol. The minimum Gasteiger partial charge on any atom is -0.307 e. The van der Waals surface area contributed by atoms with Crippen molar-refractivity contribution in [3.8, 4) is 0 Å². The Hall–Kier alpha value is -1.46. The molecule has 3 aliphatic rings. The van der Waals surface area contributed by atoms with Gasteiger partial charge in [0.1, 0.15) is 0 Å². The van der Waals surface area contributed by atoms with E-state index in [0.717, 1.165) is 23.4 Å². The smallest absolute Gasteiger partial charge is 0.0927 e. The summed E-state index contributed by atoms with van der Waals surface area (Å²) in [5.41, 5.74) is 5.48. The molecule has 0 spiro atoms. The molecule has 2 atom stereocenters. The normalized spacial score (nSPS) is 29.5. The van der Waals surface area contributed by atoms with E-state index >= 15 is 0 Å². The fourth-order valence-corrected chi connectivity index (χ4v) is 5.67. The van der Waals surface area contributed by atoms with Crippen molar-refractivity contribution in [2.24, 2.45) is 10.9 Å². The first kappa shape index (κ1) is 17.9. The number of hydrogen-bond acceptors (Lipinski definition) is 5. The van der Waals surface area contributed by atoms with E-state index in [1.807, 2.05) is 5.55 Å². The molecule has 2 unspecified atom stereocenters. The molecular formula is C21H28N4S. The quantitative estimate of drug-likeness (QED) is 0.875. The zero-order chi connectivity index (χ0) is 18.4. The molecule has 0 radical (unpaired) electrons. The number of aromatic nitrogens is 2. The Kier molecular flexibility index (Phi) is 4.56. The van der Waals surface area contributed by atoms with E-state index in [4.69, 9.17) is 0 Å². The molecule has 1 aromatic heterocycles. The lowest BCUT2D eigenvalue weighted by molar-refractivity contribution is 0.128. The van der Waals surface area contributed by atoms with Gasteiger partial charge in [-0.05, 0) is 76.7 Å². The molecule has 1 N–H and O–H groups in total. The zero-order valence-electron chi connectivity index (χ0n) is 16.1. The second kappa shape index (κ2) is 6.61. The fraction of sp³-hybridized carbons (Fsp3) is 0.571. The molecule has 1 saturated heterocycles. The lowest BCUT2D eigenvalue weighted by Gasteiger charge is -2.46. The Morgan fingerprint density at radius 2 is 1.88 bits per heavy atom. The van der Waals surface area contributed by atoms with Crippen LogP contribution in [0.15, 0.2) is 35.4 Å². The second-order valence-electron chi connectivity index (χ2n) is 9.11. The number of nitrogens with one attached hydrogen (secondary N) is 1. The Balaban J connectivity index is 1.45. The van der Waals surface area contributed by atoms with E-state index in [0.29, 0.717) is 11.2 Å². The summed E-state index contributed by atoms with van der Waals surface area (Å²) in [6.07, 6.45) is 9.95. The summed E-state index contributed by atoms with van der Waals surface area (Å²) >= 11 is 1.78. The number of thioether (sulfide) groups is 1. The fourth-order valence-electron chi connectivity index (χ4n) is 4.84. The number of piperidine rings is 1. The van der Waals surface area contributed by atoms with E-state index < -0.39 is 0 Å². The number of allylic oxidation sites excluding steroid dienone is 2. The largest absolute Gasteiger partial charge is 0.307 e. The van der Waals surface area contributed by atoms with Gasteiger partial charge in [-0.3, -0.25) is 4.99 Å². The molecule has 138 valence electrons. The van der Waals surface area contributed by atoms with Gasteiger partial charge >= 0.3 is 0 Å². The third-order valence-corrected chi connectivity index (χ3v) is 6.39. The van der Waals surface area contributed by atoms with Gasteiger partial charge in [0.2, 0.25) is 0 Å². The number of aliphatic imine (C=N–C) groups is 1. The van der Waals surface area contributed by atoms with Crippen LogP contribution in [0.1, 0.15) is 51.9 Å². The highest BCUT2D eigenvalue weighted by atomic mass is 32.2. The molecule has 0 amide bonds. The van der Waals surface area contributed by atoms with Crippen LogP contribution in [0.5, 0.6) is 0 Å². The maximum Gasteiger partial charge on any atom is 0.0927 e. The van der Waals surface area contributed by atoms with Gasteiger partial charge in [-0.1, -0.05) is 12.2 Å². The summed E-state index contributed by atoms with van der Waals surface area (Å²) < 4.78 is 0. The van der Waals surface area contributed by atoms with Crippen LogP contribution in [0.3, 0.4) is 0 Å². The second-order valence-corrected chi connectivity index (χ2v) is 10.1. The highest BCUT2D eigenvalue weighted by Crippen LogP contribution is 2.35. The molecule has 26 heavy (non-hydrogen) atoms. The van der Waals surface area contributed by atoms with Crippen molar-refractivity contribution in [3.63, 3.8) is 0 Å². The van der Waals surface area contributed by atoms with Crippen molar-refractivity contribution in [1.29, 1.82) is 0 Å². The summed E-state index contributed by atoms with van der Waals surface area (Å²) in [6.45, 7) is 9.20. The molecule has 5 heteroatoms. The summed E-state index contributed by atoms with van der Waals surface area (Å²) in [4.78, 5) is 4.51. The molecular weight excluding hydrogens is 340 g/mol. The minimum atomic E-state index is 0.174. The van der Waals surface area contributed by atoms with Gasteiger partial charge in [0.25, 0.3) is 0 Å². The average molecular weight is 369 g/mol. The van der Waals surface area contributed by atoms with E-state index in [-0.39, 0.29) is 17.1 Å². The standard InChI is InChI=1S/C21H28N4S/c1-20(2)11-14(12-21(3,4)25-20)9-16-6-7-17(24-23-16)15-5-8-19-18(10-15)22-13-26-19/h5-8,10,13-14,18-19,25H,9,11-12H2,1-4H3. The predicted octanol–water partition coefficient (Wildman–Crippen LogP) is 4.04. The average Bonchev–Trinajstić information content (AvgIpc) is 3.00. The van der Waals surface area contributed by atoms with Crippen LogP contribution >= 0.6 is 11.8 Å². The van der Waals surface area contributed by atoms with Crippen LogP contribution in [-0.2, 0) is 6.42 Å². The van der Waals surface area contributed by atoms with Crippen molar-refractivity contribution < 1.29 is 0 Å². The topological polar surface area (TPSA) is 50.2 Å². The molecule has 2 aliphatic heterocycles. The first-order valence-corrected chi connectivity index (χ1v) is 10.4. The lowest BCUT2D eigenvalue weighted by atomic mass is 9.74. The van der Waals surface area contributed by atoms with Crippen molar-refractivity contribution in [2.75, 3.05) is 0 Å². The molecule has 1 aliphatic carbocycles. The zero-order valence-corrected chi connectivity index (χ0v) is 16.9. The van der Waals surface area contributed by atoms with Crippen LogP contribution < -0.4 is 5.32 Å². The molecule has 1 aromatic rings. The van der Waals surface area contributed by atoms with E-state index in [1.165, 1.54) is 12.8 Å². The van der Waals surface area contributed by atoms with E-state index in [9.17, 15) is 0 Å². The molecule has 1 fully saturated rings. The van der Waals surface area contributed by atoms with Gasteiger partial charge in [-0.2, -0.15) is 10.2 Å². The summed E-state index contributed by atoms with van der Waals surface area (Å²) in [5, 5.41) is 13.3. The van der Waals surface area contributed by atoms with Gasteiger partial charge < -0.3 is 5.32 Å². The van der Waals surface area contributed by atoms with Crippen LogP contribution in [0.2, 0.25) is 0 Å².